The first-order chi connectivity index (χ1) is 7.36. The van der Waals surface area contributed by atoms with Crippen LogP contribution < -0.4 is 5.32 Å². The Morgan fingerprint density at radius 3 is 2.87 bits per heavy atom. The maximum Gasteiger partial charge on any atom is 0.0546 e. The molecule has 0 bridgehead atoms. The first-order valence-corrected chi connectivity index (χ1v) is 6.70. The minimum atomic E-state index is -0.883. The van der Waals surface area contributed by atoms with Gasteiger partial charge in [-0.1, -0.05) is 6.42 Å². The van der Waals surface area contributed by atoms with Crippen molar-refractivity contribution >= 4 is 10.8 Å². The van der Waals surface area contributed by atoms with Crippen LogP contribution in [0.25, 0.3) is 0 Å². The Kier molecular flexibility index (Phi) is 3.86. The van der Waals surface area contributed by atoms with E-state index in [9.17, 15) is 4.21 Å². The summed E-state index contributed by atoms with van der Waals surface area (Å²) in [6, 6.07) is 4.09. The number of aromatic nitrogens is 1. The van der Waals surface area contributed by atoms with Crippen molar-refractivity contribution in [1.82, 2.24) is 10.3 Å². The van der Waals surface area contributed by atoms with E-state index in [-0.39, 0.29) is 0 Å². The van der Waals surface area contributed by atoms with E-state index >= 15 is 0 Å². The Bertz CT molecular complexity index is 323. The molecule has 4 heteroatoms. The molecule has 1 N–H and O–H groups in total. The monoisotopic (exact) mass is 224 g/mol. The summed E-state index contributed by atoms with van der Waals surface area (Å²) >= 11 is 0. The average molecular weight is 224 g/mol. The highest BCUT2D eigenvalue weighted by molar-refractivity contribution is 7.85. The maximum absolute atomic E-state index is 12.0. The molecule has 2 rings (SSSR count). The van der Waals surface area contributed by atoms with E-state index in [1.165, 1.54) is 12.8 Å². The molecule has 1 aromatic heterocycles. The summed E-state index contributed by atoms with van der Waals surface area (Å²) in [5.74, 6) is 0.726. The predicted molar refractivity (Wildman–Crippen MR) is 61.2 cm³/mol. The molecule has 2 unspecified atom stereocenters. The van der Waals surface area contributed by atoms with Gasteiger partial charge in [0.15, 0.2) is 0 Å². The highest BCUT2D eigenvalue weighted by Gasteiger charge is 2.16. The molecule has 2 heterocycles. The highest BCUT2D eigenvalue weighted by atomic mass is 32.2. The summed E-state index contributed by atoms with van der Waals surface area (Å²) in [5, 5.41) is 3.41. The van der Waals surface area contributed by atoms with Crippen LogP contribution >= 0.6 is 0 Å². The number of rotatable bonds is 3. The van der Waals surface area contributed by atoms with Crippen LogP contribution in [0.4, 0.5) is 0 Å². The standard InChI is InChI=1S/C11H16N2OS/c14-15(11-4-7-12-8-5-11)9-10-3-1-2-6-13-10/h4-5,7-8,10,13H,1-3,6,9H2. The smallest absolute Gasteiger partial charge is 0.0546 e. The van der Waals surface area contributed by atoms with Gasteiger partial charge in [0, 0.05) is 29.1 Å². The fraction of sp³-hybridized carbons (Fsp3) is 0.545. The van der Waals surface area contributed by atoms with Gasteiger partial charge in [-0.3, -0.25) is 9.19 Å². The summed E-state index contributed by atoms with van der Waals surface area (Å²) < 4.78 is 12.0. The maximum atomic E-state index is 12.0. The van der Waals surface area contributed by atoms with Crippen LogP contribution in [0.3, 0.4) is 0 Å². The molecule has 1 fully saturated rings. The second kappa shape index (κ2) is 5.37. The van der Waals surface area contributed by atoms with Crippen molar-refractivity contribution in [1.29, 1.82) is 0 Å². The largest absolute Gasteiger partial charge is 0.313 e. The van der Waals surface area contributed by atoms with Crippen molar-refractivity contribution in [3.63, 3.8) is 0 Å². The third-order valence-corrected chi connectivity index (χ3v) is 4.18. The van der Waals surface area contributed by atoms with Crippen LogP contribution in [-0.2, 0) is 10.8 Å². The Morgan fingerprint density at radius 1 is 1.40 bits per heavy atom. The first-order valence-electron chi connectivity index (χ1n) is 5.38. The summed E-state index contributed by atoms with van der Waals surface area (Å²) in [5.41, 5.74) is 0. The van der Waals surface area contributed by atoms with Gasteiger partial charge < -0.3 is 5.32 Å². The second-order valence-corrected chi connectivity index (χ2v) is 5.34. The zero-order chi connectivity index (χ0) is 10.5. The zero-order valence-electron chi connectivity index (χ0n) is 8.69. The third-order valence-electron chi connectivity index (χ3n) is 2.68. The fourth-order valence-electron chi connectivity index (χ4n) is 1.84. The third kappa shape index (κ3) is 3.11. The van der Waals surface area contributed by atoms with Crippen LogP contribution in [0.15, 0.2) is 29.4 Å². The topological polar surface area (TPSA) is 42.0 Å². The summed E-state index contributed by atoms with van der Waals surface area (Å²) in [7, 11) is -0.883. The lowest BCUT2D eigenvalue weighted by atomic mass is 10.1. The van der Waals surface area contributed by atoms with Crippen molar-refractivity contribution in [2.45, 2.75) is 30.2 Å². The summed E-state index contributed by atoms with van der Waals surface area (Å²) in [4.78, 5) is 4.81. The van der Waals surface area contributed by atoms with Crippen molar-refractivity contribution < 1.29 is 4.21 Å². The molecular formula is C11H16N2OS. The fourth-order valence-corrected chi connectivity index (χ4v) is 3.10. The predicted octanol–water partition coefficient (Wildman–Crippen LogP) is 1.33. The van der Waals surface area contributed by atoms with Crippen LogP contribution in [0.2, 0.25) is 0 Å². The van der Waals surface area contributed by atoms with E-state index in [0.717, 1.165) is 23.6 Å². The Labute approximate surface area is 92.8 Å². The first kappa shape index (κ1) is 10.8. The van der Waals surface area contributed by atoms with Crippen LogP contribution in [0.1, 0.15) is 19.3 Å². The second-order valence-electron chi connectivity index (χ2n) is 3.84. The molecule has 0 aromatic carbocycles. The molecule has 1 aromatic rings. The zero-order valence-corrected chi connectivity index (χ0v) is 9.50. The van der Waals surface area contributed by atoms with Crippen molar-refractivity contribution in [3.8, 4) is 0 Å². The van der Waals surface area contributed by atoms with Gasteiger partial charge in [0.1, 0.15) is 0 Å². The lowest BCUT2D eigenvalue weighted by molar-refractivity contribution is 0.427. The van der Waals surface area contributed by atoms with Crippen molar-refractivity contribution in [3.05, 3.63) is 24.5 Å². The van der Waals surface area contributed by atoms with E-state index in [1.807, 2.05) is 12.1 Å². The molecule has 82 valence electrons. The number of nitrogens with one attached hydrogen (secondary N) is 1. The van der Waals surface area contributed by atoms with Gasteiger partial charge >= 0.3 is 0 Å². The highest BCUT2D eigenvalue weighted by Crippen LogP contribution is 2.11. The molecule has 2 atom stereocenters. The van der Waals surface area contributed by atoms with Gasteiger partial charge in [0.05, 0.1) is 10.8 Å². The van der Waals surface area contributed by atoms with Gasteiger partial charge in [-0.15, -0.1) is 0 Å². The summed E-state index contributed by atoms with van der Waals surface area (Å²) in [6.45, 7) is 1.07. The molecule has 1 aliphatic rings. The van der Waals surface area contributed by atoms with E-state index in [4.69, 9.17) is 0 Å². The number of nitrogens with zero attached hydrogens (tertiary/aromatic N) is 1. The minimum Gasteiger partial charge on any atom is -0.313 e. The Balaban J connectivity index is 1.91. The Morgan fingerprint density at radius 2 is 2.20 bits per heavy atom. The van der Waals surface area contributed by atoms with E-state index in [2.05, 4.69) is 10.3 Å². The van der Waals surface area contributed by atoms with Crippen molar-refractivity contribution in [2.75, 3.05) is 12.3 Å². The molecule has 1 aliphatic heterocycles. The Hall–Kier alpha value is -0.740. The van der Waals surface area contributed by atoms with E-state index in [0.29, 0.717) is 6.04 Å². The number of hydrogen-bond donors (Lipinski definition) is 1. The van der Waals surface area contributed by atoms with Gasteiger partial charge in [0.25, 0.3) is 0 Å². The normalized spacial score (nSPS) is 23.6. The van der Waals surface area contributed by atoms with Crippen LogP contribution in [-0.4, -0.2) is 27.5 Å². The van der Waals surface area contributed by atoms with Gasteiger partial charge in [0.2, 0.25) is 0 Å². The lowest BCUT2D eigenvalue weighted by Crippen LogP contribution is -2.38. The number of pyridine rings is 1. The van der Waals surface area contributed by atoms with E-state index in [1.54, 1.807) is 12.4 Å². The number of hydrogen-bond acceptors (Lipinski definition) is 3. The minimum absolute atomic E-state index is 0.424. The van der Waals surface area contributed by atoms with Crippen molar-refractivity contribution in [2.24, 2.45) is 0 Å². The molecule has 0 saturated carbocycles. The van der Waals surface area contributed by atoms with Gasteiger partial charge in [-0.25, -0.2) is 0 Å². The average Bonchev–Trinajstić information content (AvgIpc) is 2.31. The molecule has 0 spiro atoms. The van der Waals surface area contributed by atoms with E-state index < -0.39 is 10.8 Å². The van der Waals surface area contributed by atoms with Gasteiger partial charge in [-0.2, -0.15) is 0 Å². The molecule has 3 nitrogen and oxygen atoms in total. The molecular weight excluding hydrogens is 208 g/mol. The van der Waals surface area contributed by atoms with Crippen LogP contribution in [0.5, 0.6) is 0 Å². The quantitative estimate of drug-likeness (QED) is 0.842. The molecule has 0 aliphatic carbocycles. The van der Waals surface area contributed by atoms with Crippen LogP contribution in [0, 0.1) is 0 Å². The molecule has 1 saturated heterocycles. The molecule has 0 amide bonds. The lowest BCUT2D eigenvalue weighted by Gasteiger charge is -2.22. The SMILES string of the molecule is O=S(CC1CCCCN1)c1ccncc1. The van der Waals surface area contributed by atoms with Gasteiger partial charge in [-0.05, 0) is 31.5 Å². The molecule has 15 heavy (non-hydrogen) atoms. The summed E-state index contributed by atoms with van der Waals surface area (Å²) in [6.07, 6.45) is 7.05. The molecule has 0 radical (unpaired) electrons. The number of piperidine rings is 1.